The molecule has 0 spiro atoms. The van der Waals surface area contributed by atoms with E-state index in [9.17, 15) is 8.42 Å². The lowest BCUT2D eigenvalue weighted by Gasteiger charge is -2.21. The lowest BCUT2D eigenvalue weighted by atomic mass is 10.1. The van der Waals surface area contributed by atoms with Crippen molar-refractivity contribution in [2.24, 2.45) is 0 Å². The number of aromatic nitrogens is 1. The van der Waals surface area contributed by atoms with E-state index >= 15 is 0 Å². The summed E-state index contributed by atoms with van der Waals surface area (Å²) in [6.45, 7) is 8.86. The van der Waals surface area contributed by atoms with E-state index in [4.69, 9.17) is 4.74 Å². The largest absolute Gasteiger partial charge is 0.494 e. The molecule has 0 radical (unpaired) electrons. The topological polar surface area (TPSA) is 50.5 Å². The van der Waals surface area contributed by atoms with Crippen molar-refractivity contribution in [3.05, 3.63) is 59.4 Å². The maximum absolute atomic E-state index is 12.5. The molecule has 1 aromatic heterocycles. The molecule has 2 rings (SSSR count). The first kappa shape index (κ1) is 32.3. The van der Waals surface area contributed by atoms with Gasteiger partial charge in [-0.15, -0.1) is 0 Å². The average Bonchev–Trinajstić information content (AvgIpc) is 2.88. The van der Waals surface area contributed by atoms with Gasteiger partial charge in [-0.25, -0.2) is 13.0 Å². The van der Waals surface area contributed by atoms with Gasteiger partial charge in [-0.2, -0.15) is 4.31 Å². The predicted molar refractivity (Wildman–Crippen MR) is 159 cm³/mol. The molecule has 0 saturated heterocycles. The fourth-order valence-electron chi connectivity index (χ4n) is 4.75. The van der Waals surface area contributed by atoms with Gasteiger partial charge >= 0.3 is 0 Å². The SMILES string of the molecule is CCCCCCCCCCCCCCOc1ccc(CN(Cc2cc[n+](CCC)cc2)S(C)(=O)=O)c(C)c1. The Morgan fingerprint density at radius 2 is 1.34 bits per heavy atom. The molecule has 0 N–H and O–H groups in total. The highest BCUT2D eigenvalue weighted by molar-refractivity contribution is 7.88. The molecule has 1 heterocycles. The number of benzene rings is 1. The van der Waals surface area contributed by atoms with Crippen LogP contribution < -0.4 is 9.30 Å². The third kappa shape index (κ3) is 13.2. The highest BCUT2D eigenvalue weighted by atomic mass is 32.2. The summed E-state index contributed by atoms with van der Waals surface area (Å²) >= 11 is 0. The van der Waals surface area contributed by atoms with E-state index in [0.717, 1.165) is 48.4 Å². The molecule has 0 bridgehead atoms. The van der Waals surface area contributed by atoms with E-state index < -0.39 is 10.0 Å². The van der Waals surface area contributed by atoms with Crippen molar-refractivity contribution in [2.75, 3.05) is 12.9 Å². The normalized spacial score (nSPS) is 11.8. The number of unbranched alkanes of at least 4 members (excludes halogenated alkanes) is 11. The summed E-state index contributed by atoms with van der Waals surface area (Å²) in [5.74, 6) is 0.865. The first-order valence-corrected chi connectivity index (χ1v) is 16.8. The van der Waals surface area contributed by atoms with Crippen LogP contribution in [0.4, 0.5) is 0 Å². The van der Waals surface area contributed by atoms with Gasteiger partial charge in [-0.3, -0.25) is 0 Å². The molecule has 0 fully saturated rings. The van der Waals surface area contributed by atoms with Crippen LogP contribution in [0.3, 0.4) is 0 Å². The van der Waals surface area contributed by atoms with Crippen molar-refractivity contribution in [2.45, 2.75) is 124 Å². The number of ether oxygens (including phenoxy) is 1. The van der Waals surface area contributed by atoms with Gasteiger partial charge in [0.15, 0.2) is 12.4 Å². The van der Waals surface area contributed by atoms with Crippen molar-refractivity contribution in [3.63, 3.8) is 0 Å². The summed E-state index contributed by atoms with van der Waals surface area (Å²) in [6.07, 6.45) is 22.4. The number of rotatable bonds is 21. The standard InChI is InChI=1S/C32H53N2O3S/c1-5-7-8-9-10-11-12-13-14-15-16-17-25-37-32-19-18-31(29(3)26-32)28-34(38(4,35)36)27-30-20-23-33(22-6-2)24-21-30/h18-21,23-24,26H,5-17,22,25,27-28H2,1-4H3/q+1. The molecule has 38 heavy (non-hydrogen) atoms. The second-order valence-electron chi connectivity index (χ2n) is 10.8. The number of aryl methyl sites for hydroxylation is 2. The zero-order valence-electron chi connectivity index (χ0n) is 24.6. The Morgan fingerprint density at radius 3 is 1.87 bits per heavy atom. The molecule has 0 aliphatic heterocycles. The lowest BCUT2D eigenvalue weighted by molar-refractivity contribution is -0.697. The Balaban J connectivity index is 1.71. The quantitative estimate of drug-likeness (QED) is 0.119. The van der Waals surface area contributed by atoms with Gasteiger partial charge in [0, 0.05) is 31.6 Å². The number of nitrogens with zero attached hydrogens (tertiary/aromatic N) is 2. The Hall–Kier alpha value is -1.92. The van der Waals surface area contributed by atoms with Crippen LogP contribution in [-0.2, 0) is 29.7 Å². The van der Waals surface area contributed by atoms with Crippen LogP contribution in [0.25, 0.3) is 0 Å². The van der Waals surface area contributed by atoms with Crippen LogP contribution in [0.5, 0.6) is 5.75 Å². The molecule has 2 aromatic rings. The van der Waals surface area contributed by atoms with Crippen LogP contribution in [0.2, 0.25) is 0 Å². The molecule has 0 atom stereocenters. The first-order valence-electron chi connectivity index (χ1n) is 15.0. The molecular formula is C32H53N2O3S+. The smallest absolute Gasteiger partial charge is 0.211 e. The fourth-order valence-corrected chi connectivity index (χ4v) is 5.51. The maximum atomic E-state index is 12.5. The predicted octanol–water partition coefficient (Wildman–Crippen LogP) is 7.73. The van der Waals surface area contributed by atoms with Crippen molar-refractivity contribution in [3.8, 4) is 5.75 Å². The summed E-state index contributed by atoms with van der Waals surface area (Å²) in [7, 11) is -3.35. The van der Waals surface area contributed by atoms with Gasteiger partial charge < -0.3 is 4.74 Å². The summed E-state index contributed by atoms with van der Waals surface area (Å²) < 4.78 is 34.7. The molecule has 5 nitrogen and oxygen atoms in total. The molecule has 214 valence electrons. The molecule has 0 saturated carbocycles. The molecule has 0 amide bonds. The number of hydrogen-bond donors (Lipinski definition) is 0. The second-order valence-corrected chi connectivity index (χ2v) is 12.8. The van der Waals surface area contributed by atoms with E-state index in [-0.39, 0.29) is 0 Å². The van der Waals surface area contributed by atoms with Gasteiger partial charge in [0.2, 0.25) is 10.0 Å². The zero-order valence-corrected chi connectivity index (χ0v) is 25.4. The highest BCUT2D eigenvalue weighted by Gasteiger charge is 2.19. The molecule has 0 unspecified atom stereocenters. The molecular weight excluding hydrogens is 492 g/mol. The van der Waals surface area contributed by atoms with E-state index in [1.165, 1.54) is 76.9 Å². The number of sulfonamides is 1. The first-order chi connectivity index (χ1) is 18.3. The van der Waals surface area contributed by atoms with E-state index in [1.807, 2.05) is 49.6 Å². The third-order valence-electron chi connectivity index (χ3n) is 7.20. The van der Waals surface area contributed by atoms with Crippen LogP contribution in [0.1, 0.15) is 114 Å². The van der Waals surface area contributed by atoms with Gasteiger partial charge in [-0.1, -0.05) is 90.5 Å². The van der Waals surface area contributed by atoms with Crippen molar-refractivity contribution in [1.82, 2.24) is 4.31 Å². The maximum Gasteiger partial charge on any atom is 0.211 e. The van der Waals surface area contributed by atoms with Gasteiger partial charge in [0.25, 0.3) is 0 Å². The summed E-state index contributed by atoms with van der Waals surface area (Å²) in [4.78, 5) is 0. The van der Waals surface area contributed by atoms with Crippen LogP contribution >= 0.6 is 0 Å². The van der Waals surface area contributed by atoms with Crippen LogP contribution in [0, 0.1) is 6.92 Å². The van der Waals surface area contributed by atoms with E-state index in [1.54, 1.807) is 4.31 Å². The minimum atomic E-state index is -3.35. The number of hydrogen-bond acceptors (Lipinski definition) is 3. The van der Waals surface area contributed by atoms with Gasteiger partial charge in [-0.05, 0) is 42.2 Å². The Kier molecular flexibility index (Phi) is 15.6. The van der Waals surface area contributed by atoms with Crippen LogP contribution in [-0.4, -0.2) is 25.6 Å². The van der Waals surface area contributed by atoms with Crippen molar-refractivity contribution < 1.29 is 17.7 Å². The molecule has 6 heteroatoms. The van der Waals surface area contributed by atoms with Crippen LogP contribution in [0.15, 0.2) is 42.7 Å². The fraction of sp³-hybridized carbons (Fsp3) is 0.656. The minimum Gasteiger partial charge on any atom is -0.494 e. The summed E-state index contributed by atoms with van der Waals surface area (Å²) in [6, 6.07) is 10.0. The summed E-state index contributed by atoms with van der Waals surface area (Å²) in [5, 5.41) is 0. The van der Waals surface area contributed by atoms with Crippen molar-refractivity contribution in [1.29, 1.82) is 0 Å². The van der Waals surface area contributed by atoms with E-state index in [0.29, 0.717) is 13.1 Å². The Bertz CT molecular complexity index is 1010. The molecule has 0 aliphatic rings. The zero-order chi connectivity index (χ0) is 27.6. The lowest BCUT2D eigenvalue weighted by Crippen LogP contribution is -2.33. The Morgan fingerprint density at radius 1 is 0.763 bits per heavy atom. The van der Waals surface area contributed by atoms with Gasteiger partial charge in [0.05, 0.1) is 12.9 Å². The van der Waals surface area contributed by atoms with E-state index in [2.05, 4.69) is 18.4 Å². The third-order valence-corrected chi connectivity index (χ3v) is 8.39. The minimum absolute atomic E-state index is 0.355. The van der Waals surface area contributed by atoms with Gasteiger partial charge in [0.1, 0.15) is 12.3 Å². The molecule has 1 aromatic carbocycles. The monoisotopic (exact) mass is 545 g/mol. The summed E-state index contributed by atoms with van der Waals surface area (Å²) in [5.41, 5.74) is 3.05. The highest BCUT2D eigenvalue weighted by Crippen LogP contribution is 2.21. The second kappa shape index (κ2) is 18.4. The van der Waals surface area contributed by atoms with Crippen molar-refractivity contribution >= 4 is 10.0 Å². The molecule has 0 aliphatic carbocycles. The Labute approximate surface area is 233 Å². The number of pyridine rings is 1. The average molecular weight is 546 g/mol.